The molecule has 0 aromatic heterocycles. The lowest BCUT2D eigenvalue weighted by molar-refractivity contribution is -0.120. The number of amides is 1. The van der Waals surface area contributed by atoms with Crippen LogP contribution in [0.1, 0.15) is 32.1 Å². The predicted octanol–water partition coefficient (Wildman–Crippen LogP) is 2.63. The van der Waals surface area contributed by atoms with Crippen LogP contribution in [0.3, 0.4) is 0 Å². The molecular weight excluding hydrogens is 380 g/mol. The van der Waals surface area contributed by atoms with Gasteiger partial charge in [0.05, 0.1) is 0 Å². The van der Waals surface area contributed by atoms with Crippen LogP contribution in [0.25, 0.3) is 0 Å². The molecule has 0 radical (unpaired) electrons. The van der Waals surface area contributed by atoms with E-state index in [1.54, 1.807) is 0 Å². The second kappa shape index (κ2) is 4.97. The molecule has 12 heavy (non-hydrogen) atoms. The predicted molar refractivity (Wildman–Crippen MR) is 66.9 cm³/mol. The zero-order valence-electron chi connectivity index (χ0n) is 6.91. The topological polar surface area (TPSA) is 29.1 Å². The average molecular weight is 393 g/mol. The van der Waals surface area contributed by atoms with E-state index in [1.807, 2.05) is 0 Å². The van der Waals surface area contributed by atoms with E-state index < -0.39 is 0 Å². The summed E-state index contributed by atoms with van der Waals surface area (Å²) in [5.41, 5.74) is 0. The van der Waals surface area contributed by atoms with Crippen LogP contribution in [-0.4, -0.2) is 13.9 Å². The molecule has 2 nitrogen and oxygen atoms in total. The fraction of sp³-hybridized carbons (Fsp3) is 0.875. The van der Waals surface area contributed by atoms with E-state index in [-0.39, 0.29) is 7.34 Å². The summed E-state index contributed by atoms with van der Waals surface area (Å²) in [6.45, 7) is 0.854. The number of alkyl halides is 2. The minimum atomic E-state index is -0.208. The summed E-state index contributed by atoms with van der Waals surface area (Å²) < 4.78 is -0.208. The Morgan fingerprint density at radius 3 is 2.58 bits per heavy atom. The summed E-state index contributed by atoms with van der Waals surface area (Å²) in [7, 11) is 0. The van der Waals surface area contributed by atoms with Crippen molar-refractivity contribution in [3.63, 3.8) is 0 Å². The monoisotopic (exact) mass is 393 g/mol. The van der Waals surface area contributed by atoms with Crippen LogP contribution in [0.4, 0.5) is 0 Å². The Bertz CT molecular complexity index is 170. The van der Waals surface area contributed by atoms with Crippen molar-refractivity contribution in [1.29, 1.82) is 0 Å². The normalized spacial score (nSPS) is 25.0. The molecule has 0 spiro atoms. The minimum absolute atomic E-state index is 0.200. The van der Waals surface area contributed by atoms with Gasteiger partial charge in [0, 0.05) is 6.54 Å². The number of carbonyl (C=O) groups is 1. The van der Waals surface area contributed by atoms with Gasteiger partial charge >= 0.3 is 0 Å². The van der Waals surface area contributed by atoms with E-state index >= 15 is 0 Å². The number of hydrogen-bond acceptors (Lipinski definition) is 1. The highest BCUT2D eigenvalue weighted by molar-refractivity contribution is 14.2. The van der Waals surface area contributed by atoms with E-state index in [9.17, 15) is 4.79 Å². The highest BCUT2D eigenvalue weighted by Gasteiger charge is 2.31. The van der Waals surface area contributed by atoms with Crippen LogP contribution in [0.15, 0.2) is 0 Å². The van der Waals surface area contributed by atoms with Gasteiger partial charge in [-0.1, -0.05) is 64.4 Å². The molecule has 70 valence electrons. The first-order valence-electron chi connectivity index (χ1n) is 4.29. The van der Waals surface area contributed by atoms with Crippen LogP contribution < -0.4 is 5.32 Å². The van der Waals surface area contributed by atoms with Crippen molar-refractivity contribution in [3.8, 4) is 0 Å². The summed E-state index contributed by atoms with van der Waals surface area (Å²) in [6.07, 6.45) is 5.83. The molecular formula is C8H13I2NO. The van der Waals surface area contributed by atoms with Crippen LogP contribution in [0, 0.1) is 0 Å². The third-order valence-corrected chi connectivity index (χ3v) is 4.09. The van der Waals surface area contributed by atoms with Crippen molar-refractivity contribution in [3.05, 3.63) is 0 Å². The Morgan fingerprint density at radius 1 is 1.17 bits per heavy atom. The van der Waals surface area contributed by atoms with E-state index in [0.717, 1.165) is 19.4 Å². The van der Waals surface area contributed by atoms with E-state index in [1.165, 1.54) is 19.3 Å². The molecule has 1 heterocycles. The molecule has 0 unspecified atom stereocenters. The molecule has 1 N–H and O–H groups in total. The van der Waals surface area contributed by atoms with E-state index in [2.05, 4.69) is 50.5 Å². The number of halogens is 2. The first-order valence-corrected chi connectivity index (χ1v) is 6.45. The molecule has 0 bridgehead atoms. The SMILES string of the molecule is O=C1NCCCCCCC1(I)I. The highest BCUT2D eigenvalue weighted by atomic mass is 127. The zero-order valence-corrected chi connectivity index (χ0v) is 11.2. The molecule has 1 rings (SSSR count). The van der Waals surface area contributed by atoms with Gasteiger partial charge in [0.2, 0.25) is 5.91 Å². The van der Waals surface area contributed by atoms with Gasteiger partial charge in [-0.25, -0.2) is 0 Å². The molecule has 0 aromatic rings. The second-order valence-corrected chi connectivity index (χ2v) is 8.87. The third-order valence-electron chi connectivity index (χ3n) is 2.04. The van der Waals surface area contributed by atoms with Gasteiger partial charge in [-0.3, -0.25) is 4.79 Å². The van der Waals surface area contributed by atoms with Gasteiger partial charge in [0.25, 0.3) is 0 Å². The standard InChI is InChI=1S/C8H13I2NO/c9-8(10)5-3-1-2-4-6-11-7(8)12/h1-6H2,(H,11,12). The number of hydrogen-bond donors (Lipinski definition) is 1. The Morgan fingerprint density at radius 2 is 1.83 bits per heavy atom. The third kappa shape index (κ3) is 3.35. The molecule has 1 aliphatic heterocycles. The van der Waals surface area contributed by atoms with Crippen LogP contribution in [-0.2, 0) is 4.79 Å². The fourth-order valence-electron chi connectivity index (χ4n) is 1.27. The van der Waals surface area contributed by atoms with Crippen molar-refractivity contribution in [2.45, 2.75) is 33.5 Å². The highest BCUT2D eigenvalue weighted by Crippen LogP contribution is 2.34. The maximum absolute atomic E-state index is 11.5. The van der Waals surface area contributed by atoms with Gasteiger partial charge in [-0.15, -0.1) is 0 Å². The lowest BCUT2D eigenvalue weighted by atomic mass is 10.1. The number of nitrogens with one attached hydrogen (secondary N) is 1. The maximum atomic E-state index is 11.5. The number of rotatable bonds is 0. The van der Waals surface area contributed by atoms with E-state index in [4.69, 9.17) is 0 Å². The van der Waals surface area contributed by atoms with Gasteiger partial charge in [-0.2, -0.15) is 0 Å². The molecule has 0 atom stereocenters. The molecule has 1 amide bonds. The molecule has 0 aliphatic carbocycles. The Labute approximate surface area is 101 Å². The van der Waals surface area contributed by atoms with Crippen molar-refractivity contribution < 1.29 is 4.79 Å². The molecule has 4 heteroatoms. The maximum Gasteiger partial charge on any atom is 0.246 e. The van der Waals surface area contributed by atoms with Gasteiger partial charge < -0.3 is 5.32 Å². The first-order chi connectivity index (χ1) is 5.63. The van der Waals surface area contributed by atoms with Crippen LogP contribution >= 0.6 is 45.2 Å². The Balaban J connectivity index is 2.53. The largest absolute Gasteiger partial charge is 0.354 e. The summed E-state index contributed by atoms with van der Waals surface area (Å²) >= 11 is 4.50. The van der Waals surface area contributed by atoms with Gasteiger partial charge in [-0.05, 0) is 12.8 Å². The van der Waals surface area contributed by atoms with Crippen LogP contribution in [0.2, 0.25) is 0 Å². The summed E-state index contributed by atoms with van der Waals surface area (Å²) in [4.78, 5) is 11.5. The summed E-state index contributed by atoms with van der Waals surface area (Å²) in [5, 5.41) is 2.96. The van der Waals surface area contributed by atoms with Gasteiger partial charge in [0.1, 0.15) is 0 Å². The summed E-state index contributed by atoms with van der Waals surface area (Å²) in [5.74, 6) is 0.200. The molecule has 0 saturated carbocycles. The fourth-order valence-corrected chi connectivity index (χ4v) is 2.41. The Kier molecular flexibility index (Phi) is 4.56. The van der Waals surface area contributed by atoms with E-state index in [0.29, 0.717) is 0 Å². The molecule has 1 fully saturated rings. The quantitative estimate of drug-likeness (QED) is 0.498. The van der Waals surface area contributed by atoms with Crippen molar-refractivity contribution in [2.75, 3.05) is 6.54 Å². The second-order valence-electron chi connectivity index (χ2n) is 3.12. The number of carbonyl (C=O) groups excluding carboxylic acids is 1. The van der Waals surface area contributed by atoms with Crippen molar-refractivity contribution in [2.24, 2.45) is 0 Å². The van der Waals surface area contributed by atoms with Crippen molar-refractivity contribution >= 4 is 51.1 Å². The zero-order chi connectivity index (χ0) is 9.03. The van der Waals surface area contributed by atoms with Crippen molar-refractivity contribution in [1.82, 2.24) is 5.32 Å². The Hall–Kier alpha value is 0.930. The lowest BCUT2D eigenvalue weighted by Gasteiger charge is -2.17. The molecule has 1 aliphatic rings. The van der Waals surface area contributed by atoms with Gasteiger partial charge in [0.15, 0.2) is 1.43 Å². The average Bonchev–Trinajstić information content (AvgIpc) is 2.06. The van der Waals surface area contributed by atoms with Crippen LogP contribution in [0.5, 0.6) is 0 Å². The first kappa shape index (κ1) is 11.0. The minimum Gasteiger partial charge on any atom is -0.354 e. The summed E-state index contributed by atoms with van der Waals surface area (Å²) in [6, 6.07) is 0. The smallest absolute Gasteiger partial charge is 0.246 e. The lowest BCUT2D eigenvalue weighted by Crippen LogP contribution is -2.37. The molecule has 0 aromatic carbocycles. The molecule has 1 saturated heterocycles.